The highest BCUT2D eigenvalue weighted by molar-refractivity contribution is 5.23. The van der Waals surface area contributed by atoms with Gasteiger partial charge in [-0.3, -0.25) is 4.57 Å². The second-order valence-corrected chi connectivity index (χ2v) is 3.95. The highest BCUT2D eigenvalue weighted by atomic mass is 19.1. The SMILES string of the molecule is CC[C@H]1O[C@@H](n2ccc(N)nc2=O)[C@@H](F)C1O. The van der Waals surface area contributed by atoms with Crippen LogP contribution in [0.15, 0.2) is 17.1 Å². The number of anilines is 1. The van der Waals surface area contributed by atoms with Gasteiger partial charge in [0.2, 0.25) is 0 Å². The molecule has 7 heteroatoms. The Hall–Kier alpha value is -1.47. The molecule has 1 unspecified atom stereocenters. The third kappa shape index (κ3) is 2.03. The Kier molecular flexibility index (Phi) is 3.12. The van der Waals surface area contributed by atoms with Crippen molar-refractivity contribution in [2.45, 2.75) is 38.0 Å². The van der Waals surface area contributed by atoms with Crippen LogP contribution in [0.3, 0.4) is 0 Å². The summed E-state index contributed by atoms with van der Waals surface area (Å²) in [6.45, 7) is 1.77. The molecule has 1 aliphatic heterocycles. The van der Waals surface area contributed by atoms with Crippen molar-refractivity contribution in [3.63, 3.8) is 0 Å². The van der Waals surface area contributed by atoms with Crippen LogP contribution in [0.1, 0.15) is 19.6 Å². The van der Waals surface area contributed by atoms with Gasteiger partial charge in [0.15, 0.2) is 12.4 Å². The number of hydrogen-bond acceptors (Lipinski definition) is 5. The monoisotopic (exact) mass is 243 g/mol. The van der Waals surface area contributed by atoms with Gasteiger partial charge in [0.1, 0.15) is 11.9 Å². The summed E-state index contributed by atoms with van der Waals surface area (Å²) in [7, 11) is 0. The van der Waals surface area contributed by atoms with E-state index >= 15 is 0 Å². The van der Waals surface area contributed by atoms with Crippen molar-refractivity contribution in [1.29, 1.82) is 0 Å². The Morgan fingerprint density at radius 2 is 2.41 bits per heavy atom. The molecule has 6 nitrogen and oxygen atoms in total. The van der Waals surface area contributed by atoms with Crippen molar-refractivity contribution in [3.8, 4) is 0 Å². The quantitative estimate of drug-likeness (QED) is 0.752. The first kappa shape index (κ1) is 12.0. The number of alkyl halides is 1. The maximum atomic E-state index is 13.8. The van der Waals surface area contributed by atoms with Gasteiger partial charge in [0.05, 0.1) is 6.10 Å². The van der Waals surface area contributed by atoms with Gasteiger partial charge in [0, 0.05) is 6.20 Å². The van der Waals surface area contributed by atoms with Crippen molar-refractivity contribution < 1.29 is 14.2 Å². The van der Waals surface area contributed by atoms with E-state index in [4.69, 9.17) is 10.5 Å². The van der Waals surface area contributed by atoms with E-state index in [9.17, 15) is 14.3 Å². The number of nitrogen functional groups attached to an aromatic ring is 1. The number of aliphatic hydroxyl groups excluding tert-OH is 1. The number of nitrogens with two attached hydrogens (primary N) is 1. The molecule has 94 valence electrons. The summed E-state index contributed by atoms with van der Waals surface area (Å²) in [5, 5.41) is 9.57. The summed E-state index contributed by atoms with van der Waals surface area (Å²) < 4.78 is 20.1. The Morgan fingerprint density at radius 3 is 2.94 bits per heavy atom. The van der Waals surface area contributed by atoms with E-state index in [0.717, 1.165) is 4.57 Å². The standard InChI is InChI=1S/C10H14FN3O3/c1-2-5-8(15)7(11)9(17-5)14-4-3-6(12)13-10(14)16/h3-5,7-9,15H,2H2,1H3,(H2,12,13,16)/t5-,7+,8?,9-/m1/s1. The van der Waals surface area contributed by atoms with Crippen LogP contribution in [-0.4, -0.2) is 33.0 Å². The molecular weight excluding hydrogens is 229 g/mol. The number of halogens is 1. The van der Waals surface area contributed by atoms with Gasteiger partial charge >= 0.3 is 5.69 Å². The van der Waals surface area contributed by atoms with E-state index in [0.29, 0.717) is 6.42 Å². The molecule has 0 radical (unpaired) electrons. The number of nitrogens with zero attached hydrogens (tertiary/aromatic N) is 2. The summed E-state index contributed by atoms with van der Waals surface area (Å²) in [5.74, 6) is 0.0623. The smallest absolute Gasteiger partial charge is 0.351 e. The molecule has 0 aliphatic carbocycles. The van der Waals surface area contributed by atoms with Gasteiger partial charge in [-0.25, -0.2) is 9.18 Å². The summed E-state index contributed by atoms with van der Waals surface area (Å²) in [6.07, 6.45) is -2.85. The molecule has 1 saturated heterocycles. The third-order valence-corrected chi connectivity index (χ3v) is 2.82. The number of hydrogen-bond donors (Lipinski definition) is 2. The first-order valence-corrected chi connectivity index (χ1v) is 5.37. The maximum absolute atomic E-state index is 13.8. The minimum Gasteiger partial charge on any atom is -0.387 e. The van der Waals surface area contributed by atoms with Gasteiger partial charge in [-0.1, -0.05) is 6.92 Å². The highest BCUT2D eigenvalue weighted by Gasteiger charge is 2.44. The predicted octanol–water partition coefficient (Wildman–Crippen LogP) is -0.168. The van der Waals surface area contributed by atoms with Crippen LogP contribution in [0, 0.1) is 0 Å². The fourth-order valence-electron chi connectivity index (χ4n) is 1.88. The molecule has 1 aliphatic rings. The van der Waals surface area contributed by atoms with E-state index in [2.05, 4.69) is 4.98 Å². The van der Waals surface area contributed by atoms with Crippen LogP contribution < -0.4 is 11.4 Å². The Bertz CT molecular complexity index is 464. The molecule has 1 fully saturated rings. The summed E-state index contributed by atoms with van der Waals surface area (Å²) in [6, 6.07) is 1.38. The van der Waals surface area contributed by atoms with E-state index in [-0.39, 0.29) is 5.82 Å². The molecule has 4 atom stereocenters. The zero-order valence-electron chi connectivity index (χ0n) is 9.28. The largest absolute Gasteiger partial charge is 0.387 e. The molecule has 1 aromatic rings. The Morgan fingerprint density at radius 1 is 1.71 bits per heavy atom. The average molecular weight is 243 g/mol. The van der Waals surface area contributed by atoms with Crippen LogP contribution in [0.2, 0.25) is 0 Å². The van der Waals surface area contributed by atoms with Crippen LogP contribution in [-0.2, 0) is 4.74 Å². The lowest BCUT2D eigenvalue weighted by Crippen LogP contribution is -2.33. The predicted molar refractivity (Wildman–Crippen MR) is 58.0 cm³/mol. The first-order chi connectivity index (χ1) is 8.04. The Balaban J connectivity index is 2.32. The van der Waals surface area contributed by atoms with Crippen molar-refractivity contribution in [1.82, 2.24) is 9.55 Å². The molecule has 17 heavy (non-hydrogen) atoms. The summed E-state index contributed by atoms with van der Waals surface area (Å²) in [4.78, 5) is 15.0. The molecule has 0 bridgehead atoms. The number of aromatic nitrogens is 2. The van der Waals surface area contributed by atoms with Crippen LogP contribution in [0.4, 0.5) is 10.2 Å². The van der Waals surface area contributed by atoms with Crippen molar-refractivity contribution in [2.75, 3.05) is 5.73 Å². The topological polar surface area (TPSA) is 90.4 Å². The van der Waals surface area contributed by atoms with Gasteiger partial charge in [-0.2, -0.15) is 4.98 Å². The third-order valence-electron chi connectivity index (χ3n) is 2.82. The molecular formula is C10H14FN3O3. The molecule has 0 amide bonds. The average Bonchev–Trinajstić information content (AvgIpc) is 2.57. The van der Waals surface area contributed by atoms with Gasteiger partial charge in [0.25, 0.3) is 0 Å². The summed E-state index contributed by atoms with van der Waals surface area (Å²) in [5.41, 5.74) is 4.64. The van der Waals surface area contributed by atoms with Gasteiger partial charge in [-0.15, -0.1) is 0 Å². The minimum atomic E-state index is -1.65. The van der Waals surface area contributed by atoms with Gasteiger partial charge < -0.3 is 15.6 Å². The Labute approximate surface area is 96.8 Å². The summed E-state index contributed by atoms with van der Waals surface area (Å²) >= 11 is 0. The first-order valence-electron chi connectivity index (χ1n) is 5.37. The molecule has 0 aromatic carbocycles. The lowest BCUT2D eigenvalue weighted by Gasteiger charge is -2.15. The van der Waals surface area contributed by atoms with Gasteiger partial charge in [-0.05, 0) is 12.5 Å². The molecule has 0 spiro atoms. The normalized spacial score (nSPS) is 32.9. The van der Waals surface area contributed by atoms with Crippen LogP contribution >= 0.6 is 0 Å². The van der Waals surface area contributed by atoms with E-state index in [1.807, 2.05) is 0 Å². The maximum Gasteiger partial charge on any atom is 0.351 e. The van der Waals surface area contributed by atoms with Crippen LogP contribution in [0.5, 0.6) is 0 Å². The van der Waals surface area contributed by atoms with E-state index in [1.165, 1.54) is 12.3 Å². The van der Waals surface area contributed by atoms with Crippen molar-refractivity contribution in [2.24, 2.45) is 0 Å². The molecule has 2 heterocycles. The second kappa shape index (κ2) is 4.42. The zero-order valence-corrected chi connectivity index (χ0v) is 9.28. The van der Waals surface area contributed by atoms with Crippen LogP contribution in [0.25, 0.3) is 0 Å². The minimum absolute atomic E-state index is 0.0623. The zero-order chi connectivity index (χ0) is 12.6. The number of aliphatic hydroxyl groups is 1. The number of ether oxygens (including phenoxy) is 1. The lowest BCUT2D eigenvalue weighted by molar-refractivity contribution is -0.0279. The second-order valence-electron chi connectivity index (χ2n) is 3.95. The highest BCUT2D eigenvalue weighted by Crippen LogP contribution is 2.32. The molecule has 3 N–H and O–H groups in total. The van der Waals surface area contributed by atoms with E-state index < -0.39 is 30.3 Å². The number of rotatable bonds is 2. The fourth-order valence-corrected chi connectivity index (χ4v) is 1.88. The molecule has 2 rings (SSSR count). The lowest BCUT2D eigenvalue weighted by atomic mass is 10.1. The van der Waals surface area contributed by atoms with E-state index in [1.54, 1.807) is 6.92 Å². The fraction of sp³-hybridized carbons (Fsp3) is 0.600. The van der Waals surface area contributed by atoms with Crippen molar-refractivity contribution in [3.05, 3.63) is 22.7 Å². The molecule has 0 saturated carbocycles. The molecule has 1 aromatic heterocycles. The van der Waals surface area contributed by atoms with Crippen molar-refractivity contribution >= 4 is 5.82 Å².